The molecule has 1 atom stereocenters. The summed E-state index contributed by atoms with van der Waals surface area (Å²) < 4.78 is 37.5. The van der Waals surface area contributed by atoms with Gasteiger partial charge in [-0.25, -0.2) is 0 Å². The van der Waals surface area contributed by atoms with E-state index in [1.807, 2.05) is 37.3 Å². The Labute approximate surface area is 155 Å². The molecule has 0 saturated carbocycles. The number of halogens is 3. The molecule has 0 aliphatic heterocycles. The Morgan fingerprint density at radius 3 is 2.69 bits per heavy atom. The third-order valence-corrected chi connectivity index (χ3v) is 4.94. The topological polar surface area (TPSA) is 56.7 Å². The molecule has 3 N–H and O–H groups in total. The summed E-state index contributed by atoms with van der Waals surface area (Å²) >= 11 is 1.53. The lowest BCUT2D eigenvalue weighted by molar-refractivity contribution is -0.135. The van der Waals surface area contributed by atoms with Crippen LogP contribution in [0.5, 0.6) is 0 Å². The number of fused-ring (bicyclic) bond motifs is 1. The van der Waals surface area contributed by atoms with Crippen LogP contribution in [0.15, 0.2) is 35.3 Å². The van der Waals surface area contributed by atoms with E-state index >= 15 is 0 Å². The van der Waals surface area contributed by atoms with Crippen LogP contribution in [-0.2, 0) is 0 Å². The van der Waals surface area contributed by atoms with E-state index in [1.54, 1.807) is 0 Å². The summed E-state index contributed by atoms with van der Waals surface area (Å²) in [7, 11) is 0. The number of unbranched alkanes of at least 4 members (excludes halogenated alkanes) is 1. The molecule has 1 unspecified atom stereocenters. The first kappa shape index (κ1) is 20.5. The van der Waals surface area contributed by atoms with Gasteiger partial charge >= 0.3 is 6.18 Å². The van der Waals surface area contributed by atoms with E-state index in [1.165, 1.54) is 11.3 Å². The molecule has 0 spiro atoms. The molecule has 1 heterocycles. The molecule has 1 aromatic carbocycles. The molecule has 26 heavy (non-hydrogen) atoms. The predicted octanol–water partition coefficient (Wildman–Crippen LogP) is 4.22. The standard InChI is InChI=1S/C18H24F3N3OS/c1-2-22-17(23-10-6-5-9-18(19,20)21)24-12-14(25)16-11-13-7-3-4-8-15(13)26-16/h3-4,7-8,11,14,25H,2,5-6,9-10,12H2,1H3,(H2,22,23,24). The number of benzene rings is 1. The van der Waals surface area contributed by atoms with Crippen molar-refractivity contribution in [3.05, 3.63) is 35.2 Å². The van der Waals surface area contributed by atoms with Gasteiger partial charge in [0.2, 0.25) is 0 Å². The molecule has 0 aliphatic carbocycles. The zero-order valence-electron chi connectivity index (χ0n) is 14.6. The van der Waals surface area contributed by atoms with Gasteiger partial charge in [-0.1, -0.05) is 18.2 Å². The van der Waals surface area contributed by atoms with E-state index in [0.717, 1.165) is 15.0 Å². The Morgan fingerprint density at radius 1 is 1.23 bits per heavy atom. The first-order chi connectivity index (χ1) is 12.4. The third kappa shape index (κ3) is 6.84. The second-order valence-electron chi connectivity index (χ2n) is 5.92. The molecule has 144 valence electrons. The highest BCUT2D eigenvalue weighted by molar-refractivity contribution is 7.19. The maximum atomic E-state index is 12.1. The van der Waals surface area contributed by atoms with Crippen LogP contribution >= 0.6 is 11.3 Å². The average Bonchev–Trinajstić information content (AvgIpc) is 3.02. The van der Waals surface area contributed by atoms with Crippen molar-refractivity contribution >= 4 is 27.4 Å². The normalized spacial score (nSPS) is 13.8. The Morgan fingerprint density at radius 2 is 2.00 bits per heavy atom. The number of guanidine groups is 1. The van der Waals surface area contributed by atoms with Crippen LogP contribution in [0, 0.1) is 0 Å². The molecule has 0 aliphatic rings. The fourth-order valence-electron chi connectivity index (χ4n) is 2.43. The molecular weight excluding hydrogens is 363 g/mol. The van der Waals surface area contributed by atoms with Crippen molar-refractivity contribution in [3.63, 3.8) is 0 Å². The van der Waals surface area contributed by atoms with Crippen LogP contribution in [0.2, 0.25) is 0 Å². The number of thiophene rings is 1. The SMILES string of the molecule is CCNC(=NCC(O)c1cc2ccccc2s1)NCCCCC(F)(F)F. The van der Waals surface area contributed by atoms with Gasteiger partial charge < -0.3 is 15.7 Å². The summed E-state index contributed by atoms with van der Waals surface area (Å²) in [6.07, 6.45) is -5.10. The number of hydrogen-bond donors (Lipinski definition) is 3. The molecule has 4 nitrogen and oxygen atoms in total. The summed E-state index contributed by atoms with van der Waals surface area (Å²) in [5.41, 5.74) is 0. The summed E-state index contributed by atoms with van der Waals surface area (Å²) in [5, 5.41) is 17.5. The van der Waals surface area contributed by atoms with Crippen LogP contribution in [0.3, 0.4) is 0 Å². The number of hydrogen-bond acceptors (Lipinski definition) is 3. The van der Waals surface area contributed by atoms with Crippen molar-refractivity contribution in [2.24, 2.45) is 4.99 Å². The van der Waals surface area contributed by atoms with Crippen molar-refractivity contribution in [2.75, 3.05) is 19.6 Å². The average molecular weight is 387 g/mol. The predicted molar refractivity (Wildman–Crippen MR) is 101 cm³/mol. The highest BCUT2D eigenvalue weighted by atomic mass is 32.1. The van der Waals surface area contributed by atoms with Crippen molar-refractivity contribution < 1.29 is 18.3 Å². The quantitative estimate of drug-likeness (QED) is 0.361. The Balaban J connectivity index is 1.84. The zero-order valence-corrected chi connectivity index (χ0v) is 15.5. The van der Waals surface area contributed by atoms with Gasteiger partial charge in [0.1, 0.15) is 6.10 Å². The van der Waals surface area contributed by atoms with Crippen LogP contribution in [-0.4, -0.2) is 36.9 Å². The summed E-state index contributed by atoms with van der Waals surface area (Å²) in [6.45, 7) is 3.13. The zero-order chi connectivity index (χ0) is 19.0. The highest BCUT2D eigenvalue weighted by Crippen LogP contribution is 2.29. The van der Waals surface area contributed by atoms with E-state index in [-0.39, 0.29) is 13.0 Å². The molecule has 0 amide bonds. The first-order valence-corrected chi connectivity index (χ1v) is 9.46. The number of nitrogens with one attached hydrogen (secondary N) is 2. The van der Waals surface area contributed by atoms with Gasteiger partial charge in [0.25, 0.3) is 0 Å². The van der Waals surface area contributed by atoms with Gasteiger partial charge in [-0.2, -0.15) is 13.2 Å². The summed E-state index contributed by atoms with van der Waals surface area (Å²) in [6, 6.07) is 9.87. The fourth-order valence-corrected chi connectivity index (χ4v) is 3.48. The number of nitrogens with zero attached hydrogens (tertiary/aromatic N) is 1. The lowest BCUT2D eigenvalue weighted by atomic mass is 10.2. The molecule has 0 bridgehead atoms. The number of aliphatic hydroxyl groups excluding tert-OH is 1. The van der Waals surface area contributed by atoms with Crippen LogP contribution in [0.1, 0.15) is 37.2 Å². The Kier molecular flexibility index (Phi) is 7.71. The van der Waals surface area contributed by atoms with Crippen molar-refractivity contribution in [3.8, 4) is 0 Å². The summed E-state index contributed by atoms with van der Waals surface area (Å²) in [4.78, 5) is 5.18. The van der Waals surface area contributed by atoms with Gasteiger partial charge in [-0.05, 0) is 37.3 Å². The maximum Gasteiger partial charge on any atom is 0.389 e. The monoisotopic (exact) mass is 387 g/mol. The van der Waals surface area contributed by atoms with Gasteiger partial charge in [-0.15, -0.1) is 11.3 Å². The van der Waals surface area contributed by atoms with Gasteiger partial charge in [0, 0.05) is 29.1 Å². The van der Waals surface area contributed by atoms with E-state index in [2.05, 4.69) is 15.6 Å². The van der Waals surface area contributed by atoms with Crippen LogP contribution in [0.4, 0.5) is 13.2 Å². The molecule has 0 saturated heterocycles. The molecule has 1 aromatic heterocycles. The molecule has 0 radical (unpaired) electrons. The Bertz CT molecular complexity index is 682. The minimum absolute atomic E-state index is 0.0836. The van der Waals surface area contributed by atoms with Gasteiger partial charge in [-0.3, -0.25) is 4.99 Å². The number of alkyl halides is 3. The van der Waals surface area contributed by atoms with E-state index in [0.29, 0.717) is 25.5 Å². The smallest absolute Gasteiger partial charge is 0.386 e. The fraction of sp³-hybridized carbons (Fsp3) is 0.500. The molecule has 2 aromatic rings. The maximum absolute atomic E-state index is 12.1. The number of aliphatic imine (C=N–C) groups is 1. The van der Waals surface area contributed by atoms with E-state index < -0.39 is 18.7 Å². The lowest BCUT2D eigenvalue weighted by Crippen LogP contribution is -2.38. The first-order valence-electron chi connectivity index (χ1n) is 8.64. The summed E-state index contributed by atoms with van der Waals surface area (Å²) in [5.74, 6) is 0.500. The number of rotatable bonds is 8. The second kappa shape index (κ2) is 9.78. The minimum atomic E-state index is -4.10. The van der Waals surface area contributed by atoms with E-state index in [9.17, 15) is 18.3 Å². The van der Waals surface area contributed by atoms with E-state index in [4.69, 9.17) is 0 Å². The lowest BCUT2D eigenvalue weighted by Gasteiger charge is -2.13. The highest BCUT2D eigenvalue weighted by Gasteiger charge is 2.25. The molecule has 8 heteroatoms. The third-order valence-electron chi connectivity index (χ3n) is 3.72. The molecule has 0 fully saturated rings. The van der Waals surface area contributed by atoms with Gasteiger partial charge in [0.05, 0.1) is 6.54 Å². The second-order valence-corrected chi connectivity index (χ2v) is 7.04. The Hall–Kier alpha value is -1.80. The number of aliphatic hydroxyl groups is 1. The largest absolute Gasteiger partial charge is 0.389 e. The van der Waals surface area contributed by atoms with Crippen LogP contribution < -0.4 is 10.6 Å². The molecular formula is C18H24F3N3OS. The minimum Gasteiger partial charge on any atom is -0.386 e. The van der Waals surface area contributed by atoms with Gasteiger partial charge in [0.15, 0.2) is 5.96 Å². The van der Waals surface area contributed by atoms with Crippen molar-refractivity contribution in [2.45, 2.75) is 38.5 Å². The van der Waals surface area contributed by atoms with Crippen molar-refractivity contribution in [1.82, 2.24) is 10.6 Å². The van der Waals surface area contributed by atoms with Crippen molar-refractivity contribution in [1.29, 1.82) is 0 Å². The van der Waals surface area contributed by atoms with Crippen LogP contribution in [0.25, 0.3) is 10.1 Å². The molecule has 2 rings (SSSR count).